The lowest BCUT2D eigenvalue weighted by Gasteiger charge is -2.45. The molecule has 9 nitrogen and oxygen atoms in total. The molecule has 0 saturated carbocycles. The van der Waals surface area contributed by atoms with Crippen molar-refractivity contribution in [2.24, 2.45) is 0 Å². The van der Waals surface area contributed by atoms with E-state index in [1.54, 1.807) is 6.07 Å². The molecule has 3 aromatic rings. The van der Waals surface area contributed by atoms with E-state index in [1.165, 1.54) is 42.2 Å². The SMILES string of the molecule is CN(C(=O)CCc1ccc(F)c(F)c1)C1OC(CO)C(O)C(n2cc(-c3cccc(F)c3)nn2)C1O. The number of carbonyl (C=O) groups excluding carboxylic acids is 1. The van der Waals surface area contributed by atoms with E-state index in [9.17, 15) is 33.3 Å². The number of likely N-dealkylation sites (N-methyl/N-ethyl adjacent to an activating group) is 1. The van der Waals surface area contributed by atoms with Gasteiger partial charge in [-0.15, -0.1) is 5.10 Å². The molecule has 0 aliphatic carbocycles. The highest BCUT2D eigenvalue weighted by Gasteiger charge is 2.48. The van der Waals surface area contributed by atoms with Crippen LogP contribution in [0, 0.1) is 17.5 Å². The highest BCUT2D eigenvalue weighted by Crippen LogP contribution is 2.32. The number of amides is 1. The van der Waals surface area contributed by atoms with Crippen LogP contribution >= 0.6 is 0 Å². The van der Waals surface area contributed by atoms with E-state index < -0.39 is 60.5 Å². The number of carbonyl (C=O) groups is 1. The largest absolute Gasteiger partial charge is 0.394 e. The summed E-state index contributed by atoms with van der Waals surface area (Å²) >= 11 is 0. The Balaban J connectivity index is 1.52. The van der Waals surface area contributed by atoms with Gasteiger partial charge in [-0.05, 0) is 36.2 Å². The minimum atomic E-state index is -1.48. The lowest BCUT2D eigenvalue weighted by atomic mass is 9.94. The zero-order chi connectivity index (χ0) is 26.0. The highest BCUT2D eigenvalue weighted by atomic mass is 19.2. The van der Waals surface area contributed by atoms with Crippen molar-refractivity contribution >= 4 is 5.91 Å². The first-order valence-electron chi connectivity index (χ1n) is 11.2. The molecule has 2 aromatic carbocycles. The van der Waals surface area contributed by atoms with E-state index in [2.05, 4.69) is 10.3 Å². The Morgan fingerprint density at radius 3 is 2.58 bits per heavy atom. The lowest BCUT2D eigenvalue weighted by molar-refractivity contribution is -0.241. The molecule has 192 valence electrons. The van der Waals surface area contributed by atoms with Crippen molar-refractivity contribution < 1.29 is 38.0 Å². The van der Waals surface area contributed by atoms with Crippen molar-refractivity contribution in [1.82, 2.24) is 19.9 Å². The molecule has 2 heterocycles. The molecule has 1 fully saturated rings. The van der Waals surface area contributed by atoms with E-state index in [0.717, 1.165) is 17.0 Å². The van der Waals surface area contributed by atoms with Gasteiger partial charge in [0, 0.05) is 19.0 Å². The Bertz CT molecular complexity index is 1230. The minimum Gasteiger partial charge on any atom is -0.394 e. The summed E-state index contributed by atoms with van der Waals surface area (Å²) in [6.45, 7) is -0.608. The predicted molar refractivity (Wildman–Crippen MR) is 120 cm³/mol. The monoisotopic (exact) mass is 506 g/mol. The number of hydrogen-bond acceptors (Lipinski definition) is 7. The molecule has 0 radical (unpaired) electrons. The second kappa shape index (κ2) is 10.7. The summed E-state index contributed by atoms with van der Waals surface area (Å²) in [7, 11) is 1.38. The molecule has 1 aliphatic heterocycles. The van der Waals surface area contributed by atoms with Gasteiger partial charge in [0.25, 0.3) is 0 Å². The summed E-state index contributed by atoms with van der Waals surface area (Å²) in [4.78, 5) is 13.9. The van der Waals surface area contributed by atoms with E-state index in [1.807, 2.05) is 0 Å². The molecular formula is C24H25F3N4O5. The number of halogens is 3. The number of aromatic nitrogens is 3. The zero-order valence-corrected chi connectivity index (χ0v) is 19.2. The Morgan fingerprint density at radius 2 is 1.89 bits per heavy atom. The van der Waals surface area contributed by atoms with Gasteiger partial charge >= 0.3 is 0 Å². The Labute approximate surface area is 204 Å². The van der Waals surface area contributed by atoms with Gasteiger partial charge in [-0.1, -0.05) is 23.4 Å². The Hall–Kier alpha value is -3.32. The third-order valence-corrected chi connectivity index (χ3v) is 6.19. The zero-order valence-electron chi connectivity index (χ0n) is 19.2. The normalized spacial score (nSPS) is 24.0. The molecular weight excluding hydrogens is 481 g/mol. The smallest absolute Gasteiger partial charge is 0.224 e. The third-order valence-electron chi connectivity index (χ3n) is 6.19. The van der Waals surface area contributed by atoms with Crippen molar-refractivity contribution in [3.63, 3.8) is 0 Å². The topological polar surface area (TPSA) is 121 Å². The summed E-state index contributed by atoms with van der Waals surface area (Å²) < 4.78 is 47.0. The lowest BCUT2D eigenvalue weighted by Crippen LogP contribution is -2.61. The van der Waals surface area contributed by atoms with Gasteiger partial charge in [0.15, 0.2) is 17.9 Å². The maximum absolute atomic E-state index is 13.6. The molecule has 4 rings (SSSR count). The van der Waals surface area contributed by atoms with Crippen LogP contribution in [0.1, 0.15) is 18.0 Å². The molecule has 36 heavy (non-hydrogen) atoms. The van der Waals surface area contributed by atoms with E-state index >= 15 is 0 Å². The van der Waals surface area contributed by atoms with Crippen molar-refractivity contribution in [3.05, 3.63) is 71.7 Å². The van der Waals surface area contributed by atoms with Crippen LogP contribution in [0.5, 0.6) is 0 Å². The van der Waals surface area contributed by atoms with Crippen LogP contribution in [0.3, 0.4) is 0 Å². The summed E-state index contributed by atoms with van der Waals surface area (Å²) in [5, 5.41) is 39.5. The standard InChI is InChI=1S/C24H25F3N4O5/c1-30(20(33)8-6-13-5-7-16(26)17(27)9-13)24-23(35)21(22(34)19(12-32)36-24)31-11-18(28-29-31)14-3-2-4-15(25)10-14/h2-5,7,9-11,19,21-24,32,34-35H,6,8,12H2,1H3. The molecule has 1 amide bonds. The maximum Gasteiger partial charge on any atom is 0.224 e. The van der Waals surface area contributed by atoms with Gasteiger partial charge in [-0.3, -0.25) is 4.79 Å². The molecule has 0 bridgehead atoms. The molecule has 1 saturated heterocycles. The number of aliphatic hydroxyl groups is 3. The van der Waals surface area contributed by atoms with Gasteiger partial charge in [-0.25, -0.2) is 17.9 Å². The number of rotatable bonds is 7. The first-order chi connectivity index (χ1) is 17.2. The first kappa shape index (κ1) is 25.8. The highest BCUT2D eigenvalue weighted by molar-refractivity contribution is 5.76. The van der Waals surface area contributed by atoms with E-state index in [-0.39, 0.29) is 18.5 Å². The number of aryl methyl sites for hydroxylation is 1. The number of nitrogens with zero attached hydrogens (tertiary/aromatic N) is 4. The average Bonchev–Trinajstić information content (AvgIpc) is 3.34. The quantitative estimate of drug-likeness (QED) is 0.443. The molecule has 5 atom stereocenters. The van der Waals surface area contributed by atoms with Gasteiger partial charge in [-0.2, -0.15) is 0 Å². The van der Waals surface area contributed by atoms with Crippen LogP contribution < -0.4 is 0 Å². The van der Waals surface area contributed by atoms with Gasteiger partial charge in [0.1, 0.15) is 35.9 Å². The summed E-state index contributed by atoms with van der Waals surface area (Å²) in [6, 6.07) is 7.84. The molecule has 12 heteroatoms. The van der Waals surface area contributed by atoms with Gasteiger partial charge in [0.2, 0.25) is 5.91 Å². The second-order valence-corrected chi connectivity index (χ2v) is 8.57. The van der Waals surface area contributed by atoms with Crippen LogP contribution in [0.25, 0.3) is 11.3 Å². The summed E-state index contributed by atoms with van der Waals surface area (Å²) in [5.41, 5.74) is 1.13. The van der Waals surface area contributed by atoms with Crippen molar-refractivity contribution in [3.8, 4) is 11.3 Å². The van der Waals surface area contributed by atoms with Crippen LogP contribution in [-0.2, 0) is 16.0 Å². The average molecular weight is 506 g/mol. The molecule has 1 aliphatic rings. The molecule has 1 aromatic heterocycles. The van der Waals surface area contributed by atoms with Gasteiger partial charge < -0.3 is 25.0 Å². The van der Waals surface area contributed by atoms with Crippen molar-refractivity contribution in [1.29, 1.82) is 0 Å². The fourth-order valence-corrected chi connectivity index (χ4v) is 4.18. The number of ether oxygens (including phenoxy) is 1. The Morgan fingerprint density at radius 1 is 1.11 bits per heavy atom. The van der Waals surface area contributed by atoms with Crippen LogP contribution in [0.2, 0.25) is 0 Å². The van der Waals surface area contributed by atoms with Crippen molar-refractivity contribution in [2.45, 2.75) is 43.4 Å². The third kappa shape index (κ3) is 5.26. The number of aliphatic hydroxyl groups excluding tert-OH is 3. The fraction of sp³-hybridized carbons (Fsp3) is 0.375. The van der Waals surface area contributed by atoms with Crippen LogP contribution in [0.4, 0.5) is 13.2 Å². The number of hydrogen-bond donors (Lipinski definition) is 3. The minimum absolute atomic E-state index is 0.0990. The van der Waals surface area contributed by atoms with Crippen LogP contribution in [-0.4, -0.2) is 79.3 Å². The van der Waals surface area contributed by atoms with Crippen molar-refractivity contribution in [2.75, 3.05) is 13.7 Å². The summed E-state index contributed by atoms with van der Waals surface area (Å²) in [6.07, 6.45) is -3.90. The van der Waals surface area contributed by atoms with E-state index in [4.69, 9.17) is 4.74 Å². The second-order valence-electron chi connectivity index (χ2n) is 8.57. The van der Waals surface area contributed by atoms with Crippen LogP contribution in [0.15, 0.2) is 48.7 Å². The fourth-order valence-electron chi connectivity index (χ4n) is 4.18. The van der Waals surface area contributed by atoms with E-state index in [0.29, 0.717) is 11.1 Å². The maximum atomic E-state index is 13.6. The predicted octanol–water partition coefficient (Wildman–Crippen LogP) is 1.43. The first-order valence-corrected chi connectivity index (χ1v) is 11.2. The molecule has 0 spiro atoms. The Kier molecular flexibility index (Phi) is 7.69. The number of benzene rings is 2. The summed E-state index contributed by atoms with van der Waals surface area (Å²) in [5.74, 6) is -2.96. The van der Waals surface area contributed by atoms with Gasteiger partial charge in [0.05, 0.1) is 12.8 Å². The molecule has 3 N–H and O–H groups in total. The molecule has 5 unspecified atom stereocenters.